The lowest BCUT2D eigenvalue weighted by Crippen LogP contribution is -2.22. The van der Waals surface area contributed by atoms with Crippen molar-refractivity contribution in [2.75, 3.05) is 6.61 Å². The van der Waals surface area contributed by atoms with Gasteiger partial charge in [0.1, 0.15) is 0 Å². The summed E-state index contributed by atoms with van der Waals surface area (Å²) in [5.41, 5.74) is -1.98. The van der Waals surface area contributed by atoms with Gasteiger partial charge in [0.15, 0.2) is 5.69 Å². The molecule has 0 aliphatic carbocycles. The monoisotopic (exact) mass is 443 g/mol. The van der Waals surface area contributed by atoms with Crippen LogP contribution in [0.3, 0.4) is 0 Å². The molecule has 0 atom stereocenters. The van der Waals surface area contributed by atoms with Gasteiger partial charge in [-0.3, -0.25) is 4.79 Å². The Morgan fingerprint density at radius 1 is 1.27 bits per heavy atom. The molecule has 124 valence electrons. The largest absolute Gasteiger partial charge is 0.574 e. The SMILES string of the molecule is CCOC(=O)Cc1cc(I)c(C(F)(F)F)nc1OC(F)(F)F. The number of carbonyl (C=O) groups excluding carboxylic acids is 1. The van der Waals surface area contributed by atoms with E-state index in [0.29, 0.717) is 0 Å². The van der Waals surface area contributed by atoms with Gasteiger partial charge < -0.3 is 9.47 Å². The van der Waals surface area contributed by atoms with E-state index in [9.17, 15) is 31.1 Å². The maximum Gasteiger partial charge on any atom is 0.574 e. The van der Waals surface area contributed by atoms with Crippen molar-refractivity contribution in [3.8, 4) is 5.88 Å². The number of carbonyl (C=O) groups is 1. The maximum atomic E-state index is 12.7. The molecule has 22 heavy (non-hydrogen) atoms. The van der Waals surface area contributed by atoms with E-state index in [2.05, 4.69) is 14.5 Å². The van der Waals surface area contributed by atoms with Crippen LogP contribution in [0.5, 0.6) is 5.88 Å². The van der Waals surface area contributed by atoms with Crippen LogP contribution >= 0.6 is 22.6 Å². The molecule has 0 saturated heterocycles. The van der Waals surface area contributed by atoms with E-state index in [-0.39, 0.29) is 6.61 Å². The molecule has 0 aromatic carbocycles. The first-order valence-corrected chi connectivity index (χ1v) is 6.70. The second-order valence-corrected chi connectivity index (χ2v) is 4.97. The van der Waals surface area contributed by atoms with Crippen molar-refractivity contribution in [2.24, 2.45) is 0 Å². The van der Waals surface area contributed by atoms with Gasteiger partial charge in [-0.05, 0) is 35.6 Å². The van der Waals surface area contributed by atoms with Gasteiger partial charge in [0.25, 0.3) is 0 Å². The summed E-state index contributed by atoms with van der Waals surface area (Å²) < 4.78 is 82.4. The van der Waals surface area contributed by atoms with Gasteiger partial charge >= 0.3 is 18.5 Å². The fourth-order valence-corrected chi connectivity index (χ4v) is 2.20. The van der Waals surface area contributed by atoms with Crippen LogP contribution in [-0.4, -0.2) is 23.9 Å². The zero-order chi connectivity index (χ0) is 17.1. The van der Waals surface area contributed by atoms with Crippen molar-refractivity contribution in [3.63, 3.8) is 0 Å². The maximum absolute atomic E-state index is 12.7. The molecule has 0 saturated carbocycles. The first-order chi connectivity index (χ1) is 9.94. The molecule has 0 fully saturated rings. The minimum Gasteiger partial charge on any atom is -0.466 e. The van der Waals surface area contributed by atoms with Crippen molar-refractivity contribution in [2.45, 2.75) is 25.9 Å². The van der Waals surface area contributed by atoms with Gasteiger partial charge in [0.05, 0.1) is 13.0 Å². The van der Waals surface area contributed by atoms with Crippen LogP contribution in [0.25, 0.3) is 0 Å². The second-order valence-electron chi connectivity index (χ2n) is 3.81. The highest BCUT2D eigenvalue weighted by Crippen LogP contribution is 2.35. The Morgan fingerprint density at radius 2 is 1.86 bits per heavy atom. The molecule has 1 rings (SSSR count). The zero-order valence-corrected chi connectivity index (χ0v) is 13.0. The highest BCUT2D eigenvalue weighted by atomic mass is 127. The van der Waals surface area contributed by atoms with E-state index in [1.807, 2.05) is 0 Å². The summed E-state index contributed by atoms with van der Waals surface area (Å²) in [4.78, 5) is 14.2. The van der Waals surface area contributed by atoms with Crippen LogP contribution in [0.2, 0.25) is 0 Å². The van der Waals surface area contributed by atoms with E-state index in [0.717, 1.165) is 6.07 Å². The average Bonchev–Trinajstić information content (AvgIpc) is 2.29. The fourth-order valence-electron chi connectivity index (χ4n) is 1.40. The topological polar surface area (TPSA) is 48.4 Å². The summed E-state index contributed by atoms with van der Waals surface area (Å²) in [6.45, 7) is 1.44. The second kappa shape index (κ2) is 6.87. The molecule has 1 aromatic rings. The number of nitrogens with zero attached hydrogens (tertiary/aromatic N) is 1. The summed E-state index contributed by atoms with van der Waals surface area (Å²) in [6, 6.07) is 0.758. The van der Waals surface area contributed by atoms with Gasteiger partial charge in [-0.1, -0.05) is 0 Å². The Labute approximate surface area is 133 Å². The first-order valence-electron chi connectivity index (χ1n) is 5.62. The van der Waals surface area contributed by atoms with Gasteiger partial charge in [-0.15, -0.1) is 13.2 Å². The third-order valence-electron chi connectivity index (χ3n) is 2.14. The van der Waals surface area contributed by atoms with Crippen molar-refractivity contribution in [1.29, 1.82) is 0 Å². The number of aromatic nitrogens is 1. The standard InChI is InChI=1S/C11H8F6INO3/c1-2-21-7(20)4-5-3-6(18)8(10(12,13)14)19-9(5)22-11(15,16)17/h3H,2,4H2,1H3. The Morgan fingerprint density at radius 3 is 2.32 bits per heavy atom. The molecule has 1 heterocycles. The van der Waals surface area contributed by atoms with Crippen LogP contribution in [0.1, 0.15) is 18.2 Å². The van der Waals surface area contributed by atoms with Gasteiger partial charge in [0, 0.05) is 9.13 Å². The third kappa shape index (κ3) is 5.50. The number of alkyl halides is 6. The average molecular weight is 443 g/mol. The number of hydrogen-bond acceptors (Lipinski definition) is 4. The van der Waals surface area contributed by atoms with Crippen LogP contribution in [0.4, 0.5) is 26.3 Å². The highest BCUT2D eigenvalue weighted by Gasteiger charge is 2.39. The molecule has 11 heteroatoms. The quantitative estimate of drug-likeness (QED) is 0.405. The van der Waals surface area contributed by atoms with E-state index in [1.54, 1.807) is 0 Å². The molecule has 0 unspecified atom stereocenters. The molecule has 0 aliphatic rings. The lowest BCUT2D eigenvalue weighted by molar-refractivity contribution is -0.276. The predicted molar refractivity (Wildman–Crippen MR) is 69.0 cm³/mol. The highest BCUT2D eigenvalue weighted by molar-refractivity contribution is 14.1. The first kappa shape index (κ1) is 18.8. The minimum absolute atomic E-state index is 0.0283. The Bertz CT molecular complexity index is 558. The summed E-state index contributed by atoms with van der Waals surface area (Å²) in [5.74, 6) is -2.24. The van der Waals surface area contributed by atoms with E-state index < -0.39 is 45.6 Å². The number of esters is 1. The molecule has 0 aliphatic heterocycles. The molecule has 0 radical (unpaired) electrons. The van der Waals surface area contributed by atoms with Crippen molar-refractivity contribution < 1.29 is 40.6 Å². The lowest BCUT2D eigenvalue weighted by atomic mass is 10.2. The molecule has 0 amide bonds. The molecule has 0 bridgehead atoms. The Hall–Kier alpha value is -1.27. The Balaban J connectivity index is 3.29. The molecule has 0 spiro atoms. The third-order valence-corrected chi connectivity index (χ3v) is 2.96. The van der Waals surface area contributed by atoms with Gasteiger partial charge in [-0.25, -0.2) is 4.98 Å². The number of halogens is 7. The van der Waals surface area contributed by atoms with Gasteiger partial charge in [-0.2, -0.15) is 13.2 Å². The van der Waals surface area contributed by atoms with Crippen molar-refractivity contribution >= 4 is 28.6 Å². The Kier molecular flexibility index (Phi) is 5.87. The smallest absolute Gasteiger partial charge is 0.466 e. The van der Waals surface area contributed by atoms with E-state index >= 15 is 0 Å². The molecule has 0 N–H and O–H groups in total. The van der Waals surface area contributed by atoms with E-state index in [4.69, 9.17) is 0 Å². The summed E-state index contributed by atoms with van der Waals surface area (Å²) in [5, 5.41) is 0. The molecular weight excluding hydrogens is 435 g/mol. The van der Waals surface area contributed by atoms with Crippen LogP contribution < -0.4 is 4.74 Å². The summed E-state index contributed by atoms with van der Waals surface area (Å²) in [6.07, 6.45) is -10.9. The van der Waals surface area contributed by atoms with E-state index in [1.165, 1.54) is 29.5 Å². The zero-order valence-electron chi connectivity index (χ0n) is 10.8. The van der Waals surface area contributed by atoms with Crippen molar-refractivity contribution in [3.05, 3.63) is 20.9 Å². The minimum atomic E-state index is -5.24. The summed E-state index contributed by atoms with van der Waals surface area (Å²) >= 11 is 1.26. The van der Waals surface area contributed by atoms with Crippen molar-refractivity contribution in [1.82, 2.24) is 4.98 Å². The summed E-state index contributed by atoms with van der Waals surface area (Å²) in [7, 11) is 0. The number of pyridine rings is 1. The van der Waals surface area contributed by atoms with Crippen LogP contribution in [0, 0.1) is 3.57 Å². The molecular formula is C11H8F6INO3. The number of rotatable bonds is 4. The lowest BCUT2D eigenvalue weighted by Gasteiger charge is -2.15. The molecule has 4 nitrogen and oxygen atoms in total. The fraction of sp³-hybridized carbons (Fsp3) is 0.455. The number of hydrogen-bond donors (Lipinski definition) is 0. The predicted octanol–water partition coefficient (Wildman–Crippen LogP) is 3.71. The molecule has 1 aromatic heterocycles. The number of ether oxygens (including phenoxy) is 2. The van der Waals surface area contributed by atoms with Gasteiger partial charge in [0.2, 0.25) is 5.88 Å². The van der Waals surface area contributed by atoms with Crippen LogP contribution in [-0.2, 0) is 22.1 Å². The van der Waals surface area contributed by atoms with Crippen LogP contribution in [0.15, 0.2) is 6.07 Å². The normalized spacial score (nSPS) is 12.2.